The number of rotatable bonds is 6. The molecule has 3 aromatic rings. The number of thiazole rings is 1. The minimum absolute atomic E-state index is 0.205. The number of benzene rings is 2. The number of carbonyl (C=O) groups excluding carboxylic acids is 1. The molecule has 0 aliphatic rings. The first-order valence-corrected chi connectivity index (χ1v) is 11.5. The highest BCUT2D eigenvalue weighted by atomic mass is 35.5. The van der Waals surface area contributed by atoms with Gasteiger partial charge in [0.05, 0.1) is 18.2 Å². The number of anilines is 1. The van der Waals surface area contributed by atoms with E-state index in [1.807, 2.05) is 35.2 Å². The average molecular weight is 449 g/mol. The second-order valence-corrected chi connectivity index (χ2v) is 9.20. The molecule has 0 aliphatic heterocycles. The summed E-state index contributed by atoms with van der Waals surface area (Å²) < 4.78 is 24.7. The molecular formula is C19H17ClN4O3S2. The Morgan fingerprint density at radius 2 is 2.00 bits per heavy atom. The Bertz CT molecular complexity index is 1190. The van der Waals surface area contributed by atoms with E-state index in [0.29, 0.717) is 15.7 Å². The lowest BCUT2D eigenvalue weighted by molar-refractivity contribution is 0.0981. The van der Waals surface area contributed by atoms with Gasteiger partial charge in [-0.05, 0) is 19.1 Å². The number of halogens is 1. The minimum Gasteiger partial charge on any atom is -0.268 e. The van der Waals surface area contributed by atoms with Crippen molar-refractivity contribution in [2.75, 3.05) is 11.7 Å². The van der Waals surface area contributed by atoms with Gasteiger partial charge in [-0.25, -0.2) is 18.1 Å². The van der Waals surface area contributed by atoms with Crippen LogP contribution in [-0.2, 0) is 10.0 Å². The normalized spacial score (nSPS) is 11.6. The Labute approximate surface area is 177 Å². The van der Waals surface area contributed by atoms with Crippen LogP contribution in [0.1, 0.15) is 21.5 Å². The Morgan fingerprint density at radius 1 is 1.24 bits per heavy atom. The SMILES string of the molecule is Cc1ccc(/C=N/Nc2nc(-c3ccccc3Cl)cs2)c(C(=O)NS(C)(=O)=O)c1. The van der Waals surface area contributed by atoms with Crippen LogP contribution in [-0.4, -0.2) is 31.8 Å². The molecule has 0 bridgehead atoms. The maximum atomic E-state index is 12.3. The summed E-state index contributed by atoms with van der Waals surface area (Å²) in [6.07, 6.45) is 2.36. The lowest BCUT2D eigenvalue weighted by Crippen LogP contribution is -2.30. The van der Waals surface area contributed by atoms with Gasteiger partial charge in [0.2, 0.25) is 15.2 Å². The van der Waals surface area contributed by atoms with Gasteiger partial charge < -0.3 is 0 Å². The second kappa shape index (κ2) is 8.73. The van der Waals surface area contributed by atoms with Crippen molar-refractivity contribution < 1.29 is 13.2 Å². The van der Waals surface area contributed by atoms with E-state index >= 15 is 0 Å². The number of hydrazone groups is 1. The molecule has 2 aromatic carbocycles. The van der Waals surface area contributed by atoms with Crippen LogP contribution in [0.25, 0.3) is 11.3 Å². The maximum absolute atomic E-state index is 12.3. The Morgan fingerprint density at radius 3 is 2.72 bits per heavy atom. The first-order chi connectivity index (χ1) is 13.7. The summed E-state index contributed by atoms with van der Waals surface area (Å²) in [5, 5.41) is 7.13. The minimum atomic E-state index is -3.67. The zero-order valence-electron chi connectivity index (χ0n) is 15.5. The Balaban J connectivity index is 1.78. The summed E-state index contributed by atoms with van der Waals surface area (Å²) >= 11 is 7.55. The number of hydrogen-bond acceptors (Lipinski definition) is 7. The standard InChI is InChI=1S/C19H17ClN4O3S2/c1-12-7-8-13(15(9-12)18(25)24-29(2,26)27)10-21-23-19-22-17(11-28-19)14-5-3-4-6-16(14)20/h3-11H,1-2H3,(H,22,23)(H,24,25)/b21-10+. The van der Waals surface area contributed by atoms with E-state index < -0.39 is 15.9 Å². The summed E-state index contributed by atoms with van der Waals surface area (Å²) in [4.78, 5) is 16.7. The molecule has 3 rings (SSSR count). The van der Waals surface area contributed by atoms with Crippen LogP contribution in [0.3, 0.4) is 0 Å². The van der Waals surface area contributed by atoms with Gasteiger partial charge >= 0.3 is 0 Å². The number of hydrogen-bond donors (Lipinski definition) is 2. The van der Waals surface area contributed by atoms with E-state index in [9.17, 15) is 13.2 Å². The first kappa shape index (κ1) is 21.0. The zero-order chi connectivity index (χ0) is 21.0. The number of aryl methyl sites for hydroxylation is 1. The largest absolute Gasteiger partial charge is 0.268 e. The van der Waals surface area contributed by atoms with E-state index in [-0.39, 0.29) is 5.56 Å². The monoisotopic (exact) mass is 448 g/mol. The number of amides is 1. The summed E-state index contributed by atoms with van der Waals surface area (Å²) in [5.41, 5.74) is 5.85. The third-order valence-corrected chi connectivity index (χ3v) is 5.38. The first-order valence-electron chi connectivity index (χ1n) is 8.35. The second-order valence-electron chi connectivity index (χ2n) is 6.18. The smallest absolute Gasteiger partial charge is 0.265 e. The van der Waals surface area contributed by atoms with Crippen LogP contribution in [0.15, 0.2) is 52.9 Å². The Kier molecular flexibility index (Phi) is 6.31. The highest BCUT2D eigenvalue weighted by molar-refractivity contribution is 7.89. The maximum Gasteiger partial charge on any atom is 0.265 e. The topological polar surface area (TPSA) is 101 Å². The molecule has 0 fully saturated rings. The molecule has 1 aromatic heterocycles. The molecule has 150 valence electrons. The number of nitrogens with zero attached hydrogens (tertiary/aromatic N) is 2. The molecule has 1 amide bonds. The van der Waals surface area contributed by atoms with Gasteiger partial charge in [-0.3, -0.25) is 10.2 Å². The number of sulfonamides is 1. The molecule has 0 unspecified atom stereocenters. The fraction of sp³-hybridized carbons (Fsp3) is 0.105. The van der Waals surface area contributed by atoms with Crippen LogP contribution in [0.5, 0.6) is 0 Å². The average Bonchev–Trinajstić information content (AvgIpc) is 3.10. The van der Waals surface area contributed by atoms with Gasteiger partial charge in [0.1, 0.15) is 0 Å². The van der Waals surface area contributed by atoms with Crippen molar-refractivity contribution in [3.05, 3.63) is 69.6 Å². The van der Waals surface area contributed by atoms with Crippen LogP contribution < -0.4 is 10.1 Å². The van der Waals surface area contributed by atoms with Gasteiger partial charge in [0.25, 0.3) is 5.91 Å². The summed E-state index contributed by atoms with van der Waals surface area (Å²) in [7, 11) is -3.67. The van der Waals surface area contributed by atoms with Crippen molar-refractivity contribution in [2.45, 2.75) is 6.92 Å². The van der Waals surface area contributed by atoms with Crippen molar-refractivity contribution in [3.63, 3.8) is 0 Å². The van der Waals surface area contributed by atoms with Crippen molar-refractivity contribution in [2.24, 2.45) is 5.10 Å². The highest BCUT2D eigenvalue weighted by Gasteiger charge is 2.15. The number of nitrogens with one attached hydrogen (secondary N) is 2. The lowest BCUT2D eigenvalue weighted by Gasteiger charge is -2.07. The van der Waals surface area contributed by atoms with Crippen molar-refractivity contribution in [1.82, 2.24) is 9.71 Å². The molecule has 10 heteroatoms. The van der Waals surface area contributed by atoms with Gasteiger partial charge in [-0.1, -0.05) is 47.5 Å². The van der Waals surface area contributed by atoms with E-state index in [4.69, 9.17) is 11.6 Å². The van der Waals surface area contributed by atoms with E-state index in [2.05, 4.69) is 15.5 Å². The Hall–Kier alpha value is -2.75. The van der Waals surface area contributed by atoms with Crippen molar-refractivity contribution >= 4 is 50.2 Å². The summed E-state index contributed by atoms with van der Waals surface area (Å²) in [6.45, 7) is 1.81. The molecule has 0 aliphatic carbocycles. The quantitative estimate of drug-likeness (QED) is 0.440. The van der Waals surface area contributed by atoms with Gasteiger partial charge in [0, 0.05) is 27.1 Å². The van der Waals surface area contributed by atoms with Gasteiger partial charge in [0.15, 0.2) is 0 Å². The molecule has 0 spiro atoms. The number of carbonyl (C=O) groups is 1. The van der Waals surface area contributed by atoms with Gasteiger partial charge in [-0.15, -0.1) is 11.3 Å². The van der Waals surface area contributed by atoms with Gasteiger partial charge in [-0.2, -0.15) is 5.10 Å². The predicted molar refractivity (Wildman–Crippen MR) is 117 cm³/mol. The highest BCUT2D eigenvalue weighted by Crippen LogP contribution is 2.30. The molecule has 0 saturated carbocycles. The third kappa shape index (κ3) is 5.63. The van der Waals surface area contributed by atoms with Crippen molar-refractivity contribution in [3.8, 4) is 11.3 Å². The fourth-order valence-corrected chi connectivity index (χ4v) is 3.82. The zero-order valence-corrected chi connectivity index (χ0v) is 17.9. The lowest BCUT2D eigenvalue weighted by atomic mass is 10.1. The van der Waals surface area contributed by atoms with Crippen LogP contribution in [0, 0.1) is 6.92 Å². The van der Waals surface area contributed by atoms with E-state index in [1.165, 1.54) is 17.6 Å². The summed E-state index contributed by atoms with van der Waals surface area (Å²) in [6, 6.07) is 12.5. The molecule has 0 atom stereocenters. The predicted octanol–water partition coefficient (Wildman–Crippen LogP) is 3.91. The molecule has 0 saturated heterocycles. The molecule has 0 radical (unpaired) electrons. The molecular weight excluding hydrogens is 432 g/mol. The molecule has 2 N–H and O–H groups in total. The van der Waals surface area contributed by atoms with Crippen LogP contribution in [0.4, 0.5) is 5.13 Å². The molecule has 7 nitrogen and oxygen atoms in total. The fourth-order valence-electron chi connectivity index (χ4n) is 2.48. The summed E-state index contributed by atoms with van der Waals surface area (Å²) in [5.74, 6) is -0.715. The van der Waals surface area contributed by atoms with E-state index in [0.717, 1.165) is 23.1 Å². The van der Waals surface area contributed by atoms with Crippen molar-refractivity contribution in [1.29, 1.82) is 0 Å². The number of aromatic nitrogens is 1. The van der Waals surface area contributed by atoms with Crippen LogP contribution in [0.2, 0.25) is 5.02 Å². The van der Waals surface area contributed by atoms with Crippen LogP contribution >= 0.6 is 22.9 Å². The molecule has 1 heterocycles. The van der Waals surface area contributed by atoms with E-state index in [1.54, 1.807) is 24.3 Å². The third-order valence-electron chi connectivity index (χ3n) is 3.75. The molecule has 29 heavy (non-hydrogen) atoms.